The number of para-hydroxylation sites is 2. The standard InChI is InChI=1S/C50H32N4O/c1-49(2)35-19-10-12-21-38(35)52-43-26-31(29-14-5-3-6-15-29)24-40-41-25-32(30-16-7-4-8-17-30)27-44-54(41)50(53(40)43)45-39(22-13-23-42(45)55-44)51-37-20-11-9-18-33(37)34-28-36(49)48(52)46(50)47(34)51/h3-28H,1-2H3/q+2. The molecule has 256 valence electrons. The number of nitrogens with zero attached hydrogens (tertiary/aromatic N) is 4. The van der Waals surface area contributed by atoms with Gasteiger partial charge >= 0.3 is 11.5 Å². The third-order valence-electron chi connectivity index (χ3n) is 13.2. The van der Waals surface area contributed by atoms with Crippen molar-refractivity contribution in [3.05, 3.63) is 180 Å². The zero-order chi connectivity index (χ0) is 35.9. The van der Waals surface area contributed by atoms with E-state index in [0.717, 1.165) is 45.6 Å². The van der Waals surface area contributed by atoms with Gasteiger partial charge in [-0.2, -0.15) is 4.90 Å². The molecule has 0 bridgehead atoms. The Labute approximate surface area is 317 Å². The molecular weight excluding hydrogens is 673 g/mol. The van der Waals surface area contributed by atoms with Crippen LogP contribution < -0.4 is 18.8 Å². The lowest BCUT2D eigenvalue weighted by atomic mass is 9.69. The number of benzene rings is 6. The molecule has 5 heteroatoms. The van der Waals surface area contributed by atoms with Crippen molar-refractivity contribution in [2.75, 3.05) is 4.90 Å². The summed E-state index contributed by atoms with van der Waals surface area (Å²) in [5.41, 5.74) is 17.2. The molecule has 3 aromatic heterocycles. The van der Waals surface area contributed by atoms with Gasteiger partial charge in [-0.05, 0) is 52.6 Å². The highest BCUT2D eigenvalue weighted by Crippen LogP contribution is 2.64. The van der Waals surface area contributed by atoms with E-state index in [4.69, 9.17) is 4.74 Å². The fourth-order valence-corrected chi connectivity index (χ4v) is 11.1. The molecule has 0 fully saturated rings. The molecule has 5 nitrogen and oxygen atoms in total. The number of hydrogen-bond acceptors (Lipinski definition) is 2. The maximum atomic E-state index is 7.19. The minimum absolute atomic E-state index is 0.272. The van der Waals surface area contributed by atoms with Gasteiger partial charge in [0.15, 0.2) is 11.4 Å². The van der Waals surface area contributed by atoms with Crippen LogP contribution in [0.2, 0.25) is 0 Å². The molecule has 0 radical (unpaired) electrons. The number of hydrogen-bond donors (Lipinski definition) is 0. The number of pyridine rings is 2. The first-order chi connectivity index (χ1) is 27.0. The average Bonchev–Trinajstić information content (AvgIpc) is 3.72. The van der Waals surface area contributed by atoms with E-state index in [1.807, 2.05) is 0 Å². The minimum Gasteiger partial charge on any atom is -0.404 e. The largest absolute Gasteiger partial charge is 0.404 e. The van der Waals surface area contributed by atoms with E-state index in [9.17, 15) is 0 Å². The van der Waals surface area contributed by atoms with E-state index in [0.29, 0.717) is 0 Å². The maximum Gasteiger partial charge on any atom is 0.379 e. The van der Waals surface area contributed by atoms with Gasteiger partial charge in [-0.15, -0.1) is 9.13 Å². The summed E-state index contributed by atoms with van der Waals surface area (Å²) in [5, 5.41) is 2.56. The van der Waals surface area contributed by atoms with Crippen LogP contribution >= 0.6 is 0 Å². The lowest BCUT2D eigenvalue weighted by Crippen LogP contribution is -2.75. The van der Waals surface area contributed by atoms with Crippen LogP contribution in [0.3, 0.4) is 0 Å². The number of rotatable bonds is 2. The highest BCUT2D eigenvalue weighted by atomic mass is 16.5. The van der Waals surface area contributed by atoms with E-state index in [1.54, 1.807) is 0 Å². The fourth-order valence-electron chi connectivity index (χ4n) is 11.1. The molecule has 55 heavy (non-hydrogen) atoms. The minimum atomic E-state index is -0.753. The molecule has 5 aliphatic heterocycles. The van der Waals surface area contributed by atoms with Crippen LogP contribution in [0.5, 0.6) is 11.6 Å². The van der Waals surface area contributed by atoms with Crippen LogP contribution in [0, 0.1) is 0 Å². The highest BCUT2D eigenvalue weighted by Gasteiger charge is 2.73. The summed E-state index contributed by atoms with van der Waals surface area (Å²) in [6.45, 7) is 4.83. The summed E-state index contributed by atoms with van der Waals surface area (Å²) in [6, 6.07) is 58.3. The molecule has 1 spiro atoms. The second kappa shape index (κ2) is 9.20. The Balaban J connectivity index is 1.28. The molecule has 0 N–H and O–H groups in total. The van der Waals surface area contributed by atoms with Crippen LogP contribution in [0.1, 0.15) is 36.1 Å². The fraction of sp³-hybridized carbons (Fsp3) is 0.0800. The Hall–Kier alpha value is -6.98. The van der Waals surface area contributed by atoms with E-state index < -0.39 is 5.66 Å². The topological polar surface area (TPSA) is 25.2 Å². The van der Waals surface area contributed by atoms with E-state index in [2.05, 4.69) is 190 Å². The van der Waals surface area contributed by atoms with Crippen molar-refractivity contribution in [2.45, 2.75) is 24.9 Å². The quantitative estimate of drug-likeness (QED) is 0.167. The van der Waals surface area contributed by atoms with Crippen LogP contribution in [0.15, 0.2) is 158 Å². The van der Waals surface area contributed by atoms with E-state index >= 15 is 0 Å². The van der Waals surface area contributed by atoms with Gasteiger partial charge in [-0.25, -0.2) is 0 Å². The monoisotopic (exact) mass is 704 g/mol. The van der Waals surface area contributed by atoms with Gasteiger partial charge in [0.05, 0.1) is 22.8 Å². The number of anilines is 3. The summed E-state index contributed by atoms with van der Waals surface area (Å²) < 4.78 is 14.9. The third-order valence-corrected chi connectivity index (χ3v) is 13.2. The maximum absolute atomic E-state index is 7.19. The van der Waals surface area contributed by atoms with Crippen LogP contribution in [-0.2, 0) is 11.1 Å². The molecule has 0 aliphatic carbocycles. The van der Waals surface area contributed by atoms with Gasteiger partial charge in [0.2, 0.25) is 5.69 Å². The normalized spacial score (nSPS) is 17.6. The van der Waals surface area contributed by atoms with Gasteiger partial charge in [0, 0.05) is 45.5 Å². The lowest BCUT2D eigenvalue weighted by molar-refractivity contribution is -0.936. The molecule has 6 aromatic carbocycles. The summed E-state index contributed by atoms with van der Waals surface area (Å²) in [7, 11) is 0. The lowest BCUT2D eigenvalue weighted by Gasteiger charge is -2.45. The predicted octanol–water partition coefficient (Wildman–Crippen LogP) is 10.8. The van der Waals surface area contributed by atoms with Crippen molar-refractivity contribution in [3.63, 3.8) is 0 Å². The number of aromatic nitrogens is 3. The molecular formula is C50H32N4O+2. The summed E-state index contributed by atoms with van der Waals surface area (Å²) in [5.74, 6) is 2.89. The van der Waals surface area contributed by atoms with Crippen molar-refractivity contribution >= 4 is 39.0 Å². The summed E-state index contributed by atoms with van der Waals surface area (Å²) in [6.07, 6.45) is 0. The molecule has 1 atom stereocenters. The predicted molar refractivity (Wildman–Crippen MR) is 216 cm³/mol. The van der Waals surface area contributed by atoms with Gasteiger partial charge < -0.3 is 9.30 Å². The van der Waals surface area contributed by atoms with Crippen molar-refractivity contribution < 1.29 is 13.9 Å². The van der Waals surface area contributed by atoms with Crippen LogP contribution in [0.4, 0.5) is 17.2 Å². The van der Waals surface area contributed by atoms with Gasteiger partial charge in [-0.1, -0.05) is 117 Å². The second-order valence-electron chi connectivity index (χ2n) is 16.2. The van der Waals surface area contributed by atoms with Crippen molar-refractivity contribution in [2.24, 2.45) is 0 Å². The van der Waals surface area contributed by atoms with Gasteiger partial charge in [-0.3, -0.25) is 0 Å². The molecule has 0 saturated carbocycles. The summed E-state index contributed by atoms with van der Waals surface area (Å²) in [4.78, 5) is 2.60. The van der Waals surface area contributed by atoms with Gasteiger partial charge in [0.1, 0.15) is 16.8 Å². The molecule has 0 amide bonds. The molecule has 5 aliphatic rings. The molecule has 14 rings (SSSR count). The first-order valence-electron chi connectivity index (χ1n) is 19.2. The molecule has 0 saturated heterocycles. The van der Waals surface area contributed by atoms with Crippen molar-refractivity contribution in [1.29, 1.82) is 0 Å². The van der Waals surface area contributed by atoms with Gasteiger partial charge in [0.25, 0.3) is 11.5 Å². The Kier molecular flexibility index (Phi) is 4.77. The first-order valence-corrected chi connectivity index (χ1v) is 19.2. The number of ether oxygens (including phenoxy) is 1. The Morgan fingerprint density at radius 1 is 0.527 bits per heavy atom. The summed E-state index contributed by atoms with van der Waals surface area (Å²) >= 11 is 0. The van der Waals surface area contributed by atoms with Crippen LogP contribution in [0.25, 0.3) is 61.1 Å². The SMILES string of the molecule is CC1(C)c2ccccc2N2c3c1cc1c4ccccc4n4c1c3C13c5c(cccc5-4)Oc4cc(-c5ccccc5)cc([n+]41)-c1cc(-c4ccccc4)cc2[n+]13. The third kappa shape index (κ3) is 3.04. The molecule has 1 unspecified atom stereocenters. The van der Waals surface area contributed by atoms with Crippen LogP contribution in [-0.4, -0.2) is 4.57 Å². The van der Waals surface area contributed by atoms with E-state index in [-0.39, 0.29) is 5.41 Å². The molecule has 8 heterocycles. The Bertz CT molecular complexity index is 3270. The second-order valence-corrected chi connectivity index (χ2v) is 16.2. The zero-order valence-corrected chi connectivity index (χ0v) is 30.2. The molecule has 9 aromatic rings. The van der Waals surface area contributed by atoms with E-state index in [1.165, 1.54) is 66.6 Å². The van der Waals surface area contributed by atoms with Crippen molar-refractivity contribution in [3.8, 4) is 51.0 Å². The Morgan fingerprint density at radius 2 is 1.20 bits per heavy atom. The first kappa shape index (κ1) is 28.5. The smallest absolute Gasteiger partial charge is 0.379 e. The highest BCUT2D eigenvalue weighted by molar-refractivity contribution is 6.15. The zero-order valence-electron chi connectivity index (χ0n) is 30.2. The van der Waals surface area contributed by atoms with Crippen molar-refractivity contribution in [1.82, 2.24) is 4.57 Å². The Morgan fingerprint density at radius 3 is 2.00 bits per heavy atom. The number of fused-ring (bicyclic) bond motifs is 8. The average molecular weight is 705 g/mol.